The molecule has 8 nitrogen and oxygen atoms in total. The maximum atomic E-state index is 13.8. The lowest BCUT2D eigenvalue weighted by Crippen LogP contribution is -3.05. The number of Topliss-reactive ketones (excluding diaryl/α,β-unsaturated/α-hetero) is 1. The van der Waals surface area contributed by atoms with E-state index < -0.39 is 23.5 Å². The molecule has 2 N–H and O–H groups in total. The number of ether oxygens (including phenoxy) is 2. The molecule has 194 valence electrons. The van der Waals surface area contributed by atoms with Gasteiger partial charge in [0.25, 0.3) is 5.91 Å². The topological polar surface area (TPSA) is 104 Å². The first-order chi connectivity index (χ1) is 17.2. The van der Waals surface area contributed by atoms with Crippen molar-refractivity contribution in [2.45, 2.75) is 39.2 Å². The second kappa shape index (κ2) is 11.9. The molecule has 0 radical (unpaired) electrons. The lowest BCUT2D eigenvalue weighted by molar-refractivity contribution is -0.858. The summed E-state index contributed by atoms with van der Waals surface area (Å²) in [7, 11) is 5.45. The van der Waals surface area contributed by atoms with Gasteiger partial charge in [-0.2, -0.15) is 0 Å². The molecule has 1 fully saturated rings. The Hall–Kier alpha value is -3.52. The number of nitrogens with one attached hydrogen (secondary N) is 1. The van der Waals surface area contributed by atoms with Gasteiger partial charge in [0.2, 0.25) is 5.78 Å². The van der Waals surface area contributed by atoms with Crippen LogP contribution in [0.1, 0.15) is 48.9 Å². The van der Waals surface area contributed by atoms with Crippen LogP contribution in [0.15, 0.2) is 42.0 Å². The van der Waals surface area contributed by atoms with Crippen molar-refractivity contribution in [2.75, 3.05) is 40.9 Å². The molecule has 1 heterocycles. The van der Waals surface area contributed by atoms with Crippen LogP contribution in [-0.2, 0) is 9.59 Å². The summed E-state index contributed by atoms with van der Waals surface area (Å²) in [5.41, 5.74) is 1.46. The van der Waals surface area contributed by atoms with Gasteiger partial charge in [0, 0.05) is 18.5 Å². The van der Waals surface area contributed by atoms with E-state index in [1.54, 1.807) is 37.3 Å². The third-order valence-electron chi connectivity index (χ3n) is 6.33. The molecule has 1 amide bonds. The number of carbonyl (C=O) groups excluding carboxylic acids is 2. The number of hydrogen-bond donors (Lipinski definition) is 2. The van der Waals surface area contributed by atoms with Crippen LogP contribution >= 0.6 is 0 Å². The Balaban J connectivity index is 2.08. The van der Waals surface area contributed by atoms with E-state index in [0.29, 0.717) is 42.0 Å². The molecule has 1 unspecified atom stereocenters. The molecule has 3 rings (SSSR count). The Morgan fingerprint density at radius 2 is 1.89 bits per heavy atom. The second-order valence-electron chi connectivity index (χ2n) is 9.39. The Morgan fingerprint density at radius 3 is 2.53 bits per heavy atom. The van der Waals surface area contributed by atoms with Crippen molar-refractivity contribution in [3.8, 4) is 17.2 Å². The SMILES string of the molecule is CCCCOc1ccc(C([O-])=C2C(=O)C(=O)N(CCC[NH+](C)C)C2c2ccc(O)c(OC)c2)c(C)c1. The molecule has 2 aromatic carbocycles. The molecule has 1 aliphatic rings. The molecule has 36 heavy (non-hydrogen) atoms. The molecule has 2 aromatic rings. The fraction of sp³-hybridized carbons (Fsp3) is 0.429. The number of likely N-dealkylation sites (tertiary alicyclic amines) is 1. The van der Waals surface area contributed by atoms with Gasteiger partial charge in [-0.3, -0.25) is 9.59 Å². The lowest BCUT2D eigenvalue weighted by atomic mass is 9.93. The number of rotatable bonds is 11. The Morgan fingerprint density at radius 1 is 1.14 bits per heavy atom. The highest BCUT2D eigenvalue weighted by Crippen LogP contribution is 2.41. The molecule has 0 spiro atoms. The van der Waals surface area contributed by atoms with Crippen molar-refractivity contribution in [2.24, 2.45) is 0 Å². The summed E-state index contributed by atoms with van der Waals surface area (Å²) in [6, 6.07) is 8.90. The highest BCUT2D eigenvalue weighted by molar-refractivity contribution is 6.46. The van der Waals surface area contributed by atoms with E-state index in [2.05, 4.69) is 6.92 Å². The lowest BCUT2D eigenvalue weighted by Gasteiger charge is -2.28. The second-order valence-corrected chi connectivity index (χ2v) is 9.39. The largest absolute Gasteiger partial charge is 0.872 e. The van der Waals surface area contributed by atoms with E-state index in [0.717, 1.165) is 19.4 Å². The first kappa shape index (κ1) is 27.1. The number of quaternary nitrogens is 1. The fourth-order valence-corrected chi connectivity index (χ4v) is 4.37. The molecule has 1 saturated heterocycles. The van der Waals surface area contributed by atoms with Crippen molar-refractivity contribution in [1.82, 2.24) is 4.90 Å². The zero-order valence-corrected chi connectivity index (χ0v) is 21.7. The highest BCUT2D eigenvalue weighted by Gasteiger charge is 2.44. The number of phenols is 1. The van der Waals surface area contributed by atoms with Gasteiger partial charge in [-0.05, 0) is 54.3 Å². The van der Waals surface area contributed by atoms with Gasteiger partial charge < -0.3 is 29.5 Å². The van der Waals surface area contributed by atoms with Crippen molar-refractivity contribution in [1.29, 1.82) is 0 Å². The summed E-state index contributed by atoms with van der Waals surface area (Å²) in [5, 5.41) is 23.8. The predicted molar refractivity (Wildman–Crippen MR) is 135 cm³/mol. The third-order valence-corrected chi connectivity index (χ3v) is 6.33. The number of benzene rings is 2. The zero-order valence-electron chi connectivity index (χ0n) is 21.7. The predicted octanol–water partition coefficient (Wildman–Crippen LogP) is 1.65. The van der Waals surface area contributed by atoms with E-state index in [1.807, 2.05) is 14.1 Å². The molecule has 0 aromatic heterocycles. The Labute approximate surface area is 212 Å². The number of hydrogen-bond acceptors (Lipinski definition) is 6. The first-order valence-electron chi connectivity index (χ1n) is 12.4. The van der Waals surface area contributed by atoms with Gasteiger partial charge in [0.05, 0.1) is 40.4 Å². The van der Waals surface area contributed by atoms with Crippen molar-refractivity contribution in [3.63, 3.8) is 0 Å². The molecule has 0 saturated carbocycles. The van der Waals surface area contributed by atoms with Gasteiger partial charge in [0.15, 0.2) is 11.5 Å². The molecule has 1 aliphatic heterocycles. The van der Waals surface area contributed by atoms with Crippen LogP contribution in [0.3, 0.4) is 0 Å². The quantitative estimate of drug-likeness (QED) is 0.212. The number of unbranched alkanes of at least 4 members (excludes halogenated alkanes) is 1. The minimum atomic E-state index is -0.871. The monoisotopic (exact) mass is 496 g/mol. The summed E-state index contributed by atoms with van der Waals surface area (Å²) < 4.78 is 11.0. The Bertz CT molecular complexity index is 1140. The zero-order chi connectivity index (χ0) is 26.4. The molecule has 1 atom stereocenters. The van der Waals surface area contributed by atoms with Crippen LogP contribution in [0.4, 0.5) is 0 Å². The number of ketones is 1. The number of phenolic OH excluding ortho intramolecular Hbond substituents is 1. The minimum absolute atomic E-state index is 0.0676. The average molecular weight is 497 g/mol. The summed E-state index contributed by atoms with van der Waals surface area (Å²) in [6.45, 7) is 5.58. The number of nitrogens with zero attached hydrogens (tertiary/aromatic N) is 1. The van der Waals surface area contributed by atoms with Gasteiger partial charge in [0.1, 0.15) is 5.75 Å². The van der Waals surface area contributed by atoms with E-state index in [4.69, 9.17) is 9.47 Å². The van der Waals surface area contributed by atoms with Crippen LogP contribution in [-0.4, -0.2) is 62.6 Å². The van der Waals surface area contributed by atoms with Gasteiger partial charge in [-0.25, -0.2) is 0 Å². The number of carbonyl (C=O) groups is 2. The summed E-state index contributed by atoms with van der Waals surface area (Å²) in [5.74, 6) is -1.18. The van der Waals surface area contributed by atoms with Crippen molar-refractivity contribution in [3.05, 3.63) is 58.7 Å². The van der Waals surface area contributed by atoms with E-state index in [1.165, 1.54) is 23.0 Å². The van der Waals surface area contributed by atoms with E-state index in [-0.39, 0.29) is 17.1 Å². The van der Waals surface area contributed by atoms with E-state index in [9.17, 15) is 19.8 Å². The van der Waals surface area contributed by atoms with Crippen LogP contribution in [0.5, 0.6) is 17.2 Å². The van der Waals surface area contributed by atoms with Crippen molar-refractivity contribution < 1.29 is 34.2 Å². The number of aryl methyl sites for hydroxylation is 1. The molecule has 8 heteroatoms. The van der Waals surface area contributed by atoms with Gasteiger partial charge >= 0.3 is 0 Å². The van der Waals surface area contributed by atoms with Crippen molar-refractivity contribution >= 4 is 17.4 Å². The smallest absolute Gasteiger partial charge is 0.295 e. The third kappa shape index (κ3) is 5.82. The average Bonchev–Trinajstić information content (AvgIpc) is 3.09. The number of aromatic hydroxyl groups is 1. The van der Waals surface area contributed by atoms with Crippen LogP contribution in [0.25, 0.3) is 5.76 Å². The van der Waals surface area contributed by atoms with Crippen LogP contribution < -0.4 is 19.5 Å². The summed E-state index contributed by atoms with van der Waals surface area (Å²) in [6.07, 6.45) is 2.61. The molecule has 0 aliphatic carbocycles. The molecular formula is C28H36N2O6. The molecule has 0 bridgehead atoms. The normalized spacial score (nSPS) is 17.2. The summed E-state index contributed by atoms with van der Waals surface area (Å²) in [4.78, 5) is 29.0. The maximum absolute atomic E-state index is 13.8. The number of methoxy groups -OCH3 is 1. The Kier molecular flexibility index (Phi) is 8.98. The van der Waals surface area contributed by atoms with Gasteiger partial charge in [-0.1, -0.05) is 31.2 Å². The van der Waals surface area contributed by atoms with E-state index >= 15 is 0 Å². The highest BCUT2D eigenvalue weighted by atomic mass is 16.5. The maximum Gasteiger partial charge on any atom is 0.295 e. The molecular weight excluding hydrogens is 460 g/mol. The fourth-order valence-electron chi connectivity index (χ4n) is 4.37. The van der Waals surface area contributed by atoms with Crippen LogP contribution in [0.2, 0.25) is 0 Å². The summed E-state index contributed by atoms with van der Waals surface area (Å²) >= 11 is 0. The first-order valence-corrected chi connectivity index (χ1v) is 12.4. The van der Waals surface area contributed by atoms with Crippen LogP contribution in [0, 0.1) is 6.92 Å². The van der Waals surface area contributed by atoms with Gasteiger partial charge in [-0.15, -0.1) is 0 Å². The standard InChI is InChI=1S/C28H36N2O6/c1-6-7-15-36-20-10-11-21(18(2)16-20)26(32)24-25(19-9-12-22(31)23(17-19)35-5)30(28(34)27(24)33)14-8-13-29(3)4/h9-12,16-17,25,31-32H,6-8,13-15H2,1-5H3. The minimum Gasteiger partial charge on any atom is -0.872 e. The number of amides is 1.